The Labute approximate surface area is 76.9 Å². The lowest BCUT2D eigenvalue weighted by Crippen LogP contribution is -2.57. The van der Waals surface area contributed by atoms with Gasteiger partial charge in [0.1, 0.15) is 18.3 Å². The van der Waals surface area contributed by atoms with Gasteiger partial charge >= 0.3 is 0 Å². The van der Waals surface area contributed by atoms with E-state index in [1.807, 2.05) is 0 Å². The van der Waals surface area contributed by atoms with Gasteiger partial charge in [0.25, 0.3) is 0 Å². The fraction of sp³-hybridized carbons (Fsp3) is 1.00. The Hall–Kier alpha value is -0.200. The average molecular weight is 192 g/mol. The van der Waals surface area contributed by atoms with Gasteiger partial charge in [-0.15, -0.1) is 0 Å². The zero-order valence-corrected chi connectivity index (χ0v) is 7.75. The highest BCUT2D eigenvalue weighted by Crippen LogP contribution is 2.21. The average Bonchev–Trinajstić information content (AvgIpc) is 2.11. The Kier molecular flexibility index (Phi) is 3.63. The molecule has 0 aromatic rings. The maximum Gasteiger partial charge on any atom is 0.186 e. The van der Waals surface area contributed by atoms with Gasteiger partial charge < -0.3 is 24.8 Å². The second-order valence-corrected chi connectivity index (χ2v) is 3.14. The normalized spacial score (nSPS) is 46.4. The van der Waals surface area contributed by atoms with E-state index in [1.54, 1.807) is 13.8 Å². The first-order chi connectivity index (χ1) is 6.07. The van der Waals surface area contributed by atoms with Crippen molar-refractivity contribution in [3.8, 4) is 0 Å². The van der Waals surface area contributed by atoms with Crippen LogP contribution in [0, 0.1) is 0 Å². The minimum Gasteiger partial charge on any atom is -0.388 e. The highest BCUT2D eigenvalue weighted by Gasteiger charge is 2.42. The summed E-state index contributed by atoms with van der Waals surface area (Å²) in [5, 5.41) is 28.1. The third-order valence-electron chi connectivity index (χ3n) is 2.14. The SMILES string of the molecule is CCO[C@H]1O[C@@H](C)[C@@H](O)[C@@H](O)[C@@H]1O. The lowest BCUT2D eigenvalue weighted by Gasteiger charge is -2.38. The van der Waals surface area contributed by atoms with Crippen molar-refractivity contribution in [3.63, 3.8) is 0 Å². The third kappa shape index (κ3) is 2.18. The molecule has 0 spiro atoms. The molecule has 0 aliphatic carbocycles. The summed E-state index contributed by atoms with van der Waals surface area (Å²) in [5.41, 5.74) is 0. The summed E-state index contributed by atoms with van der Waals surface area (Å²) < 4.78 is 10.2. The quantitative estimate of drug-likeness (QED) is 0.515. The van der Waals surface area contributed by atoms with E-state index in [-0.39, 0.29) is 0 Å². The molecule has 13 heavy (non-hydrogen) atoms. The maximum atomic E-state index is 9.40. The van der Waals surface area contributed by atoms with Gasteiger partial charge in [0.15, 0.2) is 6.29 Å². The molecule has 1 aliphatic rings. The van der Waals surface area contributed by atoms with E-state index in [9.17, 15) is 15.3 Å². The van der Waals surface area contributed by atoms with E-state index in [0.29, 0.717) is 6.61 Å². The number of hydrogen-bond acceptors (Lipinski definition) is 5. The molecule has 78 valence electrons. The van der Waals surface area contributed by atoms with Crippen LogP contribution in [-0.2, 0) is 9.47 Å². The van der Waals surface area contributed by atoms with Gasteiger partial charge in [-0.25, -0.2) is 0 Å². The van der Waals surface area contributed by atoms with Crippen molar-refractivity contribution in [2.24, 2.45) is 0 Å². The zero-order chi connectivity index (χ0) is 10.0. The Balaban J connectivity index is 2.59. The highest BCUT2D eigenvalue weighted by atomic mass is 16.7. The van der Waals surface area contributed by atoms with Gasteiger partial charge in [0.05, 0.1) is 6.10 Å². The summed E-state index contributed by atoms with van der Waals surface area (Å²) >= 11 is 0. The van der Waals surface area contributed by atoms with E-state index >= 15 is 0 Å². The molecule has 5 atom stereocenters. The number of aliphatic hydroxyl groups is 3. The van der Waals surface area contributed by atoms with Crippen molar-refractivity contribution < 1.29 is 24.8 Å². The molecule has 1 fully saturated rings. The monoisotopic (exact) mass is 192 g/mol. The second kappa shape index (κ2) is 4.34. The Morgan fingerprint density at radius 3 is 2.31 bits per heavy atom. The van der Waals surface area contributed by atoms with Crippen molar-refractivity contribution in [1.82, 2.24) is 0 Å². The van der Waals surface area contributed by atoms with Crippen LogP contribution < -0.4 is 0 Å². The Morgan fingerprint density at radius 1 is 1.15 bits per heavy atom. The van der Waals surface area contributed by atoms with Crippen LogP contribution in [0.25, 0.3) is 0 Å². The van der Waals surface area contributed by atoms with Gasteiger partial charge in [-0.3, -0.25) is 0 Å². The van der Waals surface area contributed by atoms with Crippen molar-refractivity contribution in [2.45, 2.75) is 44.6 Å². The van der Waals surface area contributed by atoms with Gasteiger partial charge in [-0.05, 0) is 13.8 Å². The van der Waals surface area contributed by atoms with Crippen LogP contribution in [0.2, 0.25) is 0 Å². The van der Waals surface area contributed by atoms with Crippen molar-refractivity contribution >= 4 is 0 Å². The second-order valence-electron chi connectivity index (χ2n) is 3.14. The van der Waals surface area contributed by atoms with Crippen LogP contribution in [0.15, 0.2) is 0 Å². The van der Waals surface area contributed by atoms with Crippen molar-refractivity contribution in [3.05, 3.63) is 0 Å². The molecule has 0 unspecified atom stereocenters. The molecular weight excluding hydrogens is 176 g/mol. The first kappa shape index (κ1) is 10.9. The molecule has 0 radical (unpaired) electrons. The molecule has 5 heteroatoms. The Bertz CT molecular complexity index is 163. The summed E-state index contributed by atoms with van der Waals surface area (Å²) in [6, 6.07) is 0. The summed E-state index contributed by atoms with van der Waals surface area (Å²) in [4.78, 5) is 0. The molecule has 0 bridgehead atoms. The van der Waals surface area contributed by atoms with Crippen LogP contribution in [0.1, 0.15) is 13.8 Å². The minimum atomic E-state index is -1.21. The maximum absolute atomic E-state index is 9.40. The van der Waals surface area contributed by atoms with Gasteiger partial charge in [0.2, 0.25) is 0 Å². The standard InChI is InChI=1S/C8H16O5/c1-3-12-8-7(11)6(10)5(9)4(2)13-8/h4-11H,3H2,1-2H3/t4-,5+,6+,7-,8-/m0/s1. The summed E-state index contributed by atoms with van der Waals surface area (Å²) in [6.07, 6.45) is -4.84. The number of ether oxygens (including phenoxy) is 2. The highest BCUT2D eigenvalue weighted by molar-refractivity contribution is 4.86. The lowest BCUT2D eigenvalue weighted by molar-refractivity contribution is -0.291. The Morgan fingerprint density at radius 2 is 1.77 bits per heavy atom. The molecule has 0 aromatic carbocycles. The first-order valence-corrected chi connectivity index (χ1v) is 4.39. The van der Waals surface area contributed by atoms with Gasteiger partial charge in [-0.1, -0.05) is 0 Å². The van der Waals surface area contributed by atoms with Crippen LogP contribution in [0.3, 0.4) is 0 Å². The van der Waals surface area contributed by atoms with E-state index in [0.717, 1.165) is 0 Å². The zero-order valence-electron chi connectivity index (χ0n) is 7.75. The number of hydrogen-bond donors (Lipinski definition) is 3. The van der Waals surface area contributed by atoms with Crippen LogP contribution >= 0.6 is 0 Å². The fourth-order valence-electron chi connectivity index (χ4n) is 1.32. The first-order valence-electron chi connectivity index (χ1n) is 4.39. The molecule has 1 saturated heterocycles. The molecule has 1 rings (SSSR count). The van der Waals surface area contributed by atoms with Crippen LogP contribution in [-0.4, -0.2) is 52.6 Å². The molecule has 1 heterocycles. The minimum absolute atomic E-state index is 0.386. The predicted octanol–water partition coefficient (Wildman–Crippen LogP) is -1.15. The van der Waals surface area contributed by atoms with Crippen LogP contribution in [0.5, 0.6) is 0 Å². The molecule has 1 aliphatic heterocycles. The van der Waals surface area contributed by atoms with E-state index < -0.39 is 30.7 Å². The fourth-order valence-corrected chi connectivity index (χ4v) is 1.32. The van der Waals surface area contributed by atoms with Crippen LogP contribution in [0.4, 0.5) is 0 Å². The summed E-state index contributed by atoms with van der Waals surface area (Å²) in [7, 11) is 0. The lowest BCUT2D eigenvalue weighted by atomic mass is 10.0. The van der Waals surface area contributed by atoms with Gasteiger partial charge in [0, 0.05) is 6.61 Å². The topological polar surface area (TPSA) is 79.2 Å². The molecule has 3 N–H and O–H groups in total. The third-order valence-corrected chi connectivity index (χ3v) is 2.14. The van der Waals surface area contributed by atoms with Gasteiger partial charge in [-0.2, -0.15) is 0 Å². The predicted molar refractivity (Wildman–Crippen MR) is 44.0 cm³/mol. The van der Waals surface area contributed by atoms with Crippen molar-refractivity contribution in [1.29, 1.82) is 0 Å². The van der Waals surface area contributed by atoms with E-state index in [4.69, 9.17) is 9.47 Å². The van der Waals surface area contributed by atoms with Crippen molar-refractivity contribution in [2.75, 3.05) is 6.61 Å². The summed E-state index contributed by atoms with van der Waals surface area (Å²) in [5.74, 6) is 0. The molecule has 0 saturated carbocycles. The smallest absolute Gasteiger partial charge is 0.186 e. The number of rotatable bonds is 2. The van der Waals surface area contributed by atoms with E-state index in [2.05, 4.69) is 0 Å². The molecular formula is C8H16O5. The molecule has 5 nitrogen and oxygen atoms in total. The molecule has 0 aromatic heterocycles. The largest absolute Gasteiger partial charge is 0.388 e. The molecule has 0 amide bonds. The number of aliphatic hydroxyl groups excluding tert-OH is 3. The summed E-state index contributed by atoms with van der Waals surface area (Å²) in [6.45, 7) is 3.77. The van der Waals surface area contributed by atoms with E-state index in [1.165, 1.54) is 0 Å².